The van der Waals surface area contributed by atoms with E-state index in [1.54, 1.807) is 13.8 Å². The standard InChI is InChI=1S/C18H18F6N2O3/c1-9(2)29-16-4-12(18(22,23)24)11-3-14-15(5-13(11)25-16)28-7-10(6-27)26(14)8-17(19,20)21/h3-5,9-10,27H,6-8H2,1-2H3. The Hall–Kier alpha value is -2.43. The molecule has 2 aromatic rings. The van der Waals surface area contributed by atoms with Crippen LogP contribution in [-0.2, 0) is 6.18 Å². The molecule has 0 saturated carbocycles. The number of alkyl halides is 6. The maximum Gasteiger partial charge on any atom is 0.417 e. The maximum atomic E-state index is 13.6. The molecule has 3 rings (SSSR count). The molecule has 0 aliphatic carbocycles. The highest BCUT2D eigenvalue weighted by molar-refractivity contribution is 5.90. The van der Waals surface area contributed by atoms with Gasteiger partial charge in [0.15, 0.2) is 0 Å². The second-order valence-corrected chi connectivity index (χ2v) is 6.90. The Labute approximate surface area is 161 Å². The van der Waals surface area contributed by atoms with E-state index in [1.165, 1.54) is 0 Å². The van der Waals surface area contributed by atoms with Crippen LogP contribution in [0.25, 0.3) is 10.9 Å². The summed E-state index contributed by atoms with van der Waals surface area (Å²) < 4.78 is 90.6. The van der Waals surface area contributed by atoms with Gasteiger partial charge in [-0.25, -0.2) is 4.98 Å². The van der Waals surface area contributed by atoms with E-state index in [4.69, 9.17) is 9.47 Å². The van der Waals surface area contributed by atoms with Gasteiger partial charge in [-0.05, 0) is 19.9 Å². The molecule has 1 unspecified atom stereocenters. The number of halogens is 6. The zero-order valence-electron chi connectivity index (χ0n) is 15.4. The van der Waals surface area contributed by atoms with Gasteiger partial charge >= 0.3 is 12.4 Å². The summed E-state index contributed by atoms with van der Waals surface area (Å²) in [5, 5.41) is 9.02. The van der Waals surface area contributed by atoms with Crippen LogP contribution in [0.3, 0.4) is 0 Å². The lowest BCUT2D eigenvalue weighted by atomic mass is 10.0. The molecule has 1 aromatic carbocycles. The Bertz CT molecular complexity index is 898. The summed E-state index contributed by atoms with van der Waals surface area (Å²) >= 11 is 0. The van der Waals surface area contributed by atoms with Gasteiger partial charge in [-0.1, -0.05) is 0 Å². The molecule has 0 spiro atoms. The molecule has 1 aromatic heterocycles. The number of aromatic nitrogens is 1. The molecule has 0 amide bonds. The number of pyridine rings is 1. The van der Waals surface area contributed by atoms with E-state index < -0.39 is 43.2 Å². The molecule has 0 bridgehead atoms. The second-order valence-electron chi connectivity index (χ2n) is 6.90. The van der Waals surface area contributed by atoms with Gasteiger partial charge in [-0.2, -0.15) is 26.3 Å². The second kappa shape index (κ2) is 7.43. The first-order valence-corrected chi connectivity index (χ1v) is 8.68. The minimum absolute atomic E-state index is 0.0474. The van der Waals surface area contributed by atoms with Crippen molar-refractivity contribution in [3.05, 3.63) is 23.8 Å². The molecule has 11 heteroatoms. The largest absolute Gasteiger partial charge is 0.489 e. The molecule has 2 heterocycles. The van der Waals surface area contributed by atoms with Gasteiger partial charge in [-0.15, -0.1) is 0 Å². The smallest absolute Gasteiger partial charge is 0.417 e. The zero-order valence-corrected chi connectivity index (χ0v) is 15.4. The van der Waals surface area contributed by atoms with E-state index in [2.05, 4.69) is 4.98 Å². The first-order chi connectivity index (χ1) is 13.4. The van der Waals surface area contributed by atoms with Crippen molar-refractivity contribution in [1.82, 2.24) is 4.98 Å². The van der Waals surface area contributed by atoms with Gasteiger partial charge in [0.25, 0.3) is 0 Å². The number of hydrogen-bond acceptors (Lipinski definition) is 5. The van der Waals surface area contributed by atoms with E-state index in [0.717, 1.165) is 23.1 Å². The molecule has 29 heavy (non-hydrogen) atoms. The molecule has 0 fully saturated rings. The minimum atomic E-state index is -4.79. The van der Waals surface area contributed by atoms with E-state index in [-0.39, 0.29) is 34.8 Å². The predicted octanol–water partition coefficient (Wildman–Crippen LogP) is 4.16. The molecule has 160 valence electrons. The van der Waals surface area contributed by atoms with Crippen molar-refractivity contribution in [3.8, 4) is 11.6 Å². The van der Waals surface area contributed by atoms with E-state index in [0.29, 0.717) is 0 Å². The van der Waals surface area contributed by atoms with Gasteiger partial charge in [0.1, 0.15) is 18.9 Å². The van der Waals surface area contributed by atoms with Crippen LogP contribution in [0.15, 0.2) is 18.2 Å². The number of aliphatic hydroxyl groups excluding tert-OH is 1. The van der Waals surface area contributed by atoms with Gasteiger partial charge in [0.05, 0.1) is 35.5 Å². The Morgan fingerprint density at radius 1 is 1.21 bits per heavy atom. The number of fused-ring (bicyclic) bond motifs is 2. The Kier molecular flexibility index (Phi) is 5.46. The SMILES string of the molecule is CC(C)Oc1cc(C(F)(F)F)c2cc3c(cc2n1)OCC(CO)N3CC(F)(F)F. The van der Waals surface area contributed by atoms with Crippen molar-refractivity contribution >= 4 is 16.6 Å². The fourth-order valence-electron chi connectivity index (χ4n) is 3.13. The van der Waals surface area contributed by atoms with Crippen LogP contribution in [-0.4, -0.2) is 48.2 Å². The van der Waals surface area contributed by atoms with Crippen molar-refractivity contribution in [2.45, 2.75) is 38.3 Å². The van der Waals surface area contributed by atoms with Crippen LogP contribution in [0.4, 0.5) is 32.0 Å². The summed E-state index contributed by atoms with van der Waals surface area (Å²) in [5.74, 6) is -0.301. The highest BCUT2D eigenvalue weighted by Gasteiger charge is 2.39. The molecule has 1 aliphatic heterocycles. The number of anilines is 1. The van der Waals surface area contributed by atoms with Gasteiger partial charge < -0.3 is 19.5 Å². The maximum absolute atomic E-state index is 13.6. The Morgan fingerprint density at radius 2 is 1.90 bits per heavy atom. The average Bonchev–Trinajstić information content (AvgIpc) is 2.57. The monoisotopic (exact) mass is 424 g/mol. The summed E-state index contributed by atoms with van der Waals surface area (Å²) in [5.41, 5.74) is -1.40. The molecular formula is C18H18F6N2O3. The summed E-state index contributed by atoms with van der Waals surface area (Å²) in [4.78, 5) is 4.85. The quantitative estimate of drug-likeness (QED) is 0.747. The number of ether oxygens (including phenoxy) is 2. The third-order valence-corrected chi connectivity index (χ3v) is 4.27. The molecule has 5 nitrogen and oxygen atoms in total. The Balaban J connectivity index is 2.21. The predicted molar refractivity (Wildman–Crippen MR) is 92.3 cm³/mol. The summed E-state index contributed by atoms with van der Waals surface area (Å²) in [6.45, 7) is 0.903. The summed E-state index contributed by atoms with van der Waals surface area (Å²) in [6, 6.07) is 1.79. The van der Waals surface area contributed by atoms with Crippen LogP contribution in [0.2, 0.25) is 0 Å². The zero-order chi connectivity index (χ0) is 21.6. The van der Waals surface area contributed by atoms with Crippen molar-refractivity contribution < 1.29 is 40.9 Å². The number of hydrogen-bond donors (Lipinski definition) is 1. The third kappa shape index (κ3) is 4.60. The summed E-state index contributed by atoms with van der Waals surface area (Å²) in [6.07, 6.45) is -9.84. The van der Waals surface area contributed by atoms with E-state index in [1.807, 2.05) is 0 Å². The van der Waals surface area contributed by atoms with E-state index >= 15 is 0 Å². The van der Waals surface area contributed by atoms with Crippen molar-refractivity contribution in [2.75, 3.05) is 24.7 Å². The highest BCUT2D eigenvalue weighted by atomic mass is 19.4. The molecule has 0 radical (unpaired) electrons. The minimum Gasteiger partial charge on any atom is -0.489 e. The first kappa shape index (κ1) is 21.3. The number of rotatable bonds is 4. The lowest BCUT2D eigenvalue weighted by Gasteiger charge is -2.38. The van der Waals surface area contributed by atoms with Crippen LogP contribution in [0.5, 0.6) is 11.6 Å². The van der Waals surface area contributed by atoms with Gasteiger partial charge in [0.2, 0.25) is 5.88 Å². The van der Waals surface area contributed by atoms with Gasteiger partial charge in [-0.3, -0.25) is 0 Å². The first-order valence-electron chi connectivity index (χ1n) is 8.68. The van der Waals surface area contributed by atoms with Crippen LogP contribution < -0.4 is 14.4 Å². The topological polar surface area (TPSA) is 54.8 Å². The summed E-state index contributed by atoms with van der Waals surface area (Å²) in [7, 11) is 0. The van der Waals surface area contributed by atoms with Crippen molar-refractivity contribution in [2.24, 2.45) is 0 Å². The van der Waals surface area contributed by atoms with Crippen molar-refractivity contribution in [3.63, 3.8) is 0 Å². The normalized spacial score (nSPS) is 17.4. The molecule has 1 atom stereocenters. The van der Waals surface area contributed by atoms with Crippen LogP contribution in [0, 0.1) is 0 Å². The van der Waals surface area contributed by atoms with E-state index in [9.17, 15) is 31.4 Å². The fourth-order valence-corrected chi connectivity index (χ4v) is 3.13. The molecule has 0 saturated heterocycles. The fraction of sp³-hybridized carbons (Fsp3) is 0.500. The highest BCUT2D eigenvalue weighted by Crippen LogP contribution is 2.43. The van der Waals surface area contributed by atoms with Crippen molar-refractivity contribution in [1.29, 1.82) is 0 Å². The molecular weight excluding hydrogens is 406 g/mol. The number of nitrogens with zero attached hydrogens (tertiary/aromatic N) is 2. The van der Waals surface area contributed by atoms with Gasteiger partial charge in [0, 0.05) is 17.5 Å². The molecule has 1 aliphatic rings. The molecule has 1 N–H and O–H groups in total. The van der Waals surface area contributed by atoms with Crippen LogP contribution in [0.1, 0.15) is 19.4 Å². The average molecular weight is 424 g/mol. The lowest BCUT2D eigenvalue weighted by Crippen LogP contribution is -2.49. The number of aliphatic hydroxyl groups is 1. The third-order valence-electron chi connectivity index (χ3n) is 4.27. The number of benzene rings is 1. The lowest BCUT2D eigenvalue weighted by molar-refractivity contribution is -0.136. The Morgan fingerprint density at radius 3 is 2.45 bits per heavy atom. The van der Waals surface area contributed by atoms with Crippen LogP contribution >= 0.6 is 0 Å².